The van der Waals surface area contributed by atoms with E-state index in [-0.39, 0.29) is 19.2 Å². The summed E-state index contributed by atoms with van der Waals surface area (Å²) >= 11 is 12.5. The third-order valence-corrected chi connectivity index (χ3v) is 8.52. The lowest BCUT2D eigenvalue weighted by Gasteiger charge is -2.35. The van der Waals surface area contributed by atoms with Crippen molar-refractivity contribution >= 4 is 44.8 Å². The van der Waals surface area contributed by atoms with E-state index in [1.54, 1.807) is 42.5 Å². The Morgan fingerprint density at radius 1 is 0.921 bits per heavy atom. The summed E-state index contributed by atoms with van der Waals surface area (Å²) in [6, 6.07) is 17.6. The molecule has 2 aliphatic heterocycles. The van der Waals surface area contributed by atoms with Crippen LogP contribution in [0.5, 0.6) is 11.5 Å². The molecule has 3 aromatic rings. The van der Waals surface area contributed by atoms with Crippen molar-refractivity contribution in [2.45, 2.75) is 13.1 Å². The molecule has 0 unspecified atom stereocenters. The molecule has 3 aromatic carbocycles. The first-order chi connectivity index (χ1) is 18.2. The van der Waals surface area contributed by atoms with Crippen molar-refractivity contribution in [2.75, 3.05) is 43.5 Å². The number of carbonyl (C=O) groups excluding carboxylic acids is 1. The van der Waals surface area contributed by atoms with E-state index in [0.29, 0.717) is 39.9 Å². The topological polar surface area (TPSA) is 79.4 Å². The highest BCUT2D eigenvalue weighted by Gasteiger charge is 2.25. The van der Waals surface area contributed by atoms with Crippen LogP contribution in [0.15, 0.2) is 60.7 Å². The predicted octanol–water partition coefficient (Wildman–Crippen LogP) is 4.65. The van der Waals surface area contributed by atoms with Crippen LogP contribution in [0.1, 0.15) is 21.5 Å². The van der Waals surface area contributed by atoms with Crippen molar-refractivity contribution < 1.29 is 22.7 Å². The molecule has 200 valence electrons. The van der Waals surface area contributed by atoms with E-state index < -0.39 is 10.0 Å². The number of ether oxygens (including phenoxy) is 2. The van der Waals surface area contributed by atoms with E-state index in [1.165, 1.54) is 4.31 Å². The largest absolute Gasteiger partial charge is 0.454 e. The average Bonchev–Trinajstić information content (AvgIpc) is 3.36. The molecule has 2 heterocycles. The van der Waals surface area contributed by atoms with Gasteiger partial charge in [0.15, 0.2) is 11.5 Å². The van der Waals surface area contributed by atoms with E-state index in [4.69, 9.17) is 32.7 Å². The zero-order valence-electron chi connectivity index (χ0n) is 20.8. The first-order valence-electron chi connectivity index (χ1n) is 12.1. The van der Waals surface area contributed by atoms with E-state index in [9.17, 15) is 13.2 Å². The molecule has 11 heteroatoms. The number of anilines is 1. The predicted molar refractivity (Wildman–Crippen MR) is 148 cm³/mol. The van der Waals surface area contributed by atoms with E-state index >= 15 is 0 Å². The number of piperazine rings is 1. The van der Waals surface area contributed by atoms with Crippen LogP contribution in [-0.2, 0) is 23.1 Å². The molecular weight excluding hydrogens is 549 g/mol. The maximum atomic E-state index is 13.2. The molecule has 0 atom stereocenters. The zero-order valence-corrected chi connectivity index (χ0v) is 23.1. The number of halogens is 2. The van der Waals surface area contributed by atoms with Crippen molar-refractivity contribution in [3.05, 3.63) is 87.4 Å². The van der Waals surface area contributed by atoms with Gasteiger partial charge in [0.1, 0.15) is 0 Å². The quantitative estimate of drug-likeness (QED) is 0.408. The second kappa shape index (κ2) is 11.0. The van der Waals surface area contributed by atoms with Crippen LogP contribution in [0.25, 0.3) is 0 Å². The van der Waals surface area contributed by atoms with Crippen LogP contribution in [-0.4, -0.2) is 63.4 Å². The van der Waals surface area contributed by atoms with Crippen molar-refractivity contribution in [3.8, 4) is 11.5 Å². The van der Waals surface area contributed by atoms with Gasteiger partial charge in [-0.15, -0.1) is 0 Å². The summed E-state index contributed by atoms with van der Waals surface area (Å²) in [4.78, 5) is 17.3. The van der Waals surface area contributed by atoms with E-state index in [2.05, 4.69) is 4.90 Å². The highest BCUT2D eigenvalue weighted by molar-refractivity contribution is 7.92. The molecule has 0 spiro atoms. The maximum Gasteiger partial charge on any atom is 0.253 e. The van der Waals surface area contributed by atoms with Crippen molar-refractivity contribution in [3.63, 3.8) is 0 Å². The Balaban J connectivity index is 1.22. The van der Waals surface area contributed by atoms with Crippen molar-refractivity contribution in [1.29, 1.82) is 0 Å². The van der Waals surface area contributed by atoms with Gasteiger partial charge in [-0.1, -0.05) is 35.3 Å². The molecule has 0 bridgehead atoms. The first-order valence-corrected chi connectivity index (χ1v) is 14.7. The summed E-state index contributed by atoms with van der Waals surface area (Å²) in [5.74, 6) is 1.45. The van der Waals surface area contributed by atoms with Gasteiger partial charge in [-0.05, 0) is 54.1 Å². The molecule has 0 aliphatic carbocycles. The molecule has 0 radical (unpaired) electrons. The zero-order chi connectivity index (χ0) is 26.9. The summed E-state index contributed by atoms with van der Waals surface area (Å²) < 4.78 is 37.2. The Kier molecular flexibility index (Phi) is 7.72. The van der Waals surface area contributed by atoms with Gasteiger partial charge in [0.25, 0.3) is 5.91 Å². The molecule has 8 nitrogen and oxygen atoms in total. The molecular formula is C27H27Cl2N3O5S. The average molecular weight is 577 g/mol. The number of benzene rings is 3. The van der Waals surface area contributed by atoms with Crippen LogP contribution in [0.3, 0.4) is 0 Å². The van der Waals surface area contributed by atoms with Crippen LogP contribution in [0, 0.1) is 0 Å². The minimum Gasteiger partial charge on any atom is -0.454 e. The van der Waals surface area contributed by atoms with Crippen LogP contribution in [0.4, 0.5) is 5.69 Å². The lowest BCUT2D eigenvalue weighted by molar-refractivity contribution is 0.0628. The number of fused-ring (bicyclic) bond motifs is 1. The summed E-state index contributed by atoms with van der Waals surface area (Å²) in [5, 5.41) is 0.770. The fraction of sp³-hybridized carbons (Fsp3) is 0.296. The maximum absolute atomic E-state index is 13.2. The lowest BCUT2D eigenvalue weighted by Crippen LogP contribution is -2.48. The van der Waals surface area contributed by atoms with Gasteiger partial charge in [-0.25, -0.2) is 8.42 Å². The molecule has 0 N–H and O–H groups in total. The fourth-order valence-electron chi connectivity index (χ4n) is 4.59. The Hall–Kier alpha value is -2.98. The van der Waals surface area contributed by atoms with Gasteiger partial charge >= 0.3 is 0 Å². The molecule has 1 saturated heterocycles. The molecule has 0 saturated carbocycles. The SMILES string of the molecule is CS(=O)(=O)N(Cc1c(Cl)cccc1Cl)c1ccc(C(=O)N2CCN(Cc3ccc4c(c3)OCO4)CC2)cc1. The third kappa shape index (κ3) is 5.86. The summed E-state index contributed by atoms with van der Waals surface area (Å²) in [5.41, 5.74) is 2.58. The molecule has 2 aliphatic rings. The molecule has 1 amide bonds. The van der Waals surface area contributed by atoms with Gasteiger partial charge < -0.3 is 14.4 Å². The van der Waals surface area contributed by atoms with Gasteiger partial charge in [0.05, 0.1) is 18.5 Å². The smallest absolute Gasteiger partial charge is 0.253 e. The van der Waals surface area contributed by atoms with Crippen molar-refractivity contribution in [2.24, 2.45) is 0 Å². The minimum absolute atomic E-state index is 0.0179. The van der Waals surface area contributed by atoms with Gasteiger partial charge in [-0.2, -0.15) is 0 Å². The van der Waals surface area contributed by atoms with Crippen LogP contribution >= 0.6 is 23.2 Å². The van der Waals surface area contributed by atoms with Crippen LogP contribution < -0.4 is 13.8 Å². The Bertz CT molecular complexity index is 1420. The summed E-state index contributed by atoms with van der Waals surface area (Å²) in [6.45, 7) is 3.71. The summed E-state index contributed by atoms with van der Waals surface area (Å²) in [6.07, 6.45) is 1.12. The second-order valence-corrected chi connectivity index (χ2v) is 12.0. The fourth-order valence-corrected chi connectivity index (χ4v) is 5.97. The molecule has 1 fully saturated rings. The van der Waals surface area contributed by atoms with E-state index in [0.717, 1.165) is 43.0 Å². The summed E-state index contributed by atoms with van der Waals surface area (Å²) in [7, 11) is -3.64. The molecule has 5 rings (SSSR count). The monoisotopic (exact) mass is 575 g/mol. The van der Waals surface area contributed by atoms with Gasteiger partial charge in [-0.3, -0.25) is 14.0 Å². The lowest BCUT2D eigenvalue weighted by atomic mass is 10.1. The number of rotatable bonds is 7. The normalized spacial score (nSPS) is 15.5. The number of amides is 1. The first kappa shape index (κ1) is 26.6. The standard InChI is InChI=1S/C27H27Cl2N3O5S/c1-38(34,35)32(17-22-23(28)3-2-4-24(22)29)21-8-6-20(7-9-21)27(33)31-13-11-30(12-14-31)16-19-5-10-25-26(15-19)37-18-36-25/h2-10,15H,11-14,16-18H2,1H3. The van der Waals surface area contributed by atoms with Gasteiger partial charge in [0, 0.05) is 53.9 Å². The highest BCUT2D eigenvalue weighted by Crippen LogP contribution is 2.33. The molecule has 0 aromatic heterocycles. The Morgan fingerprint density at radius 2 is 1.58 bits per heavy atom. The third-order valence-electron chi connectivity index (χ3n) is 6.67. The highest BCUT2D eigenvalue weighted by atomic mass is 35.5. The number of nitrogens with zero attached hydrogens (tertiary/aromatic N) is 3. The second-order valence-electron chi connectivity index (χ2n) is 9.27. The van der Waals surface area contributed by atoms with Gasteiger partial charge in [0.2, 0.25) is 16.8 Å². The number of carbonyl (C=O) groups is 1. The van der Waals surface area contributed by atoms with Crippen molar-refractivity contribution in [1.82, 2.24) is 9.80 Å². The number of sulfonamides is 1. The Labute approximate surface area is 232 Å². The number of hydrogen-bond acceptors (Lipinski definition) is 6. The number of hydrogen-bond donors (Lipinski definition) is 0. The Morgan fingerprint density at radius 3 is 2.24 bits per heavy atom. The van der Waals surface area contributed by atoms with E-state index in [1.807, 2.05) is 23.1 Å². The minimum atomic E-state index is -3.64. The van der Waals surface area contributed by atoms with Crippen LogP contribution in [0.2, 0.25) is 10.0 Å². The molecule has 38 heavy (non-hydrogen) atoms.